The van der Waals surface area contributed by atoms with Crippen LogP contribution in [0.2, 0.25) is 0 Å². The topological polar surface area (TPSA) is 42.1 Å². The molecule has 2 aromatic rings. The zero-order valence-corrected chi connectivity index (χ0v) is 11.2. The number of rotatable bonds is 4. The van der Waals surface area contributed by atoms with Gasteiger partial charge in [-0.2, -0.15) is 0 Å². The molecule has 1 heterocycles. The van der Waals surface area contributed by atoms with Crippen LogP contribution in [0.15, 0.2) is 42.7 Å². The zero-order valence-electron chi connectivity index (χ0n) is 11.2. The van der Waals surface area contributed by atoms with Crippen molar-refractivity contribution >= 4 is 5.69 Å². The van der Waals surface area contributed by atoms with Crippen LogP contribution in [0.25, 0.3) is 0 Å². The van der Waals surface area contributed by atoms with Crippen molar-refractivity contribution in [2.24, 2.45) is 5.73 Å². The molecule has 0 bridgehead atoms. The minimum atomic E-state index is -0.237. The zero-order chi connectivity index (χ0) is 13.8. The fourth-order valence-electron chi connectivity index (χ4n) is 2.17. The highest BCUT2D eigenvalue weighted by atomic mass is 19.1. The monoisotopic (exact) mass is 259 g/mol. The summed E-state index contributed by atoms with van der Waals surface area (Å²) in [5.41, 5.74) is 9.08. The summed E-state index contributed by atoms with van der Waals surface area (Å²) in [5.74, 6) is -0.237. The number of anilines is 1. The number of aromatic nitrogens is 1. The van der Waals surface area contributed by atoms with Gasteiger partial charge in [-0.1, -0.05) is 0 Å². The molecule has 1 unspecified atom stereocenters. The fraction of sp³-hybridized carbons (Fsp3) is 0.267. The molecule has 0 saturated carbocycles. The standard InChI is InChI=1S/C15H18FN3/c1-11-7-8-18-10-14(11)15(9-17)19(2)13-5-3-12(16)4-6-13/h3-8,10,15H,9,17H2,1-2H3. The number of pyridine rings is 1. The van der Waals surface area contributed by atoms with E-state index in [0.29, 0.717) is 6.54 Å². The van der Waals surface area contributed by atoms with Crippen LogP contribution in [0.5, 0.6) is 0 Å². The summed E-state index contributed by atoms with van der Waals surface area (Å²) in [5, 5.41) is 0. The normalized spacial score (nSPS) is 12.2. The van der Waals surface area contributed by atoms with Crippen molar-refractivity contribution in [2.75, 3.05) is 18.5 Å². The van der Waals surface area contributed by atoms with Gasteiger partial charge in [-0.25, -0.2) is 4.39 Å². The molecule has 1 aromatic heterocycles. The van der Waals surface area contributed by atoms with E-state index >= 15 is 0 Å². The lowest BCUT2D eigenvalue weighted by Crippen LogP contribution is -2.31. The lowest BCUT2D eigenvalue weighted by molar-refractivity contribution is 0.626. The molecule has 0 fully saturated rings. The molecule has 0 saturated heterocycles. The van der Waals surface area contributed by atoms with Gasteiger partial charge in [0.25, 0.3) is 0 Å². The Morgan fingerprint density at radius 3 is 2.53 bits per heavy atom. The second-order valence-electron chi connectivity index (χ2n) is 4.57. The number of benzene rings is 1. The van der Waals surface area contributed by atoms with E-state index in [0.717, 1.165) is 16.8 Å². The van der Waals surface area contributed by atoms with E-state index in [1.54, 1.807) is 18.3 Å². The number of nitrogens with two attached hydrogens (primary N) is 1. The van der Waals surface area contributed by atoms with Gasteiger partial charge in [0.05, 0.1) is 6.04 Å². The fourth-order valence-corrected chi connectivity index (χ4v) is 2.17. The van der Waals surface area contributed by atoms with E-state index in [-0.39, 0.29) is 11.9 Å². The van der Waals surface area contributed by atoms with Gasteiger partial charge in [-0.3, -0.25) is 4.98 Å². The SMILES string of the molecule is Cc1ccncc1C(CN)N(C)c1ccc(F)cc1. The summed E-state index contributed by atoms with van der Waals surface area (Å²) in [7, 11) is 1.96. The van der Waals surface area contributed by atoms with E-state index < -0.39 is 0 Å². The molecular formula is C15H18FN3. The number of halogens is 1. The quantitative estimate of drug-likeness (QED) is 0.918. The van der Waals surface area contributed by atoms with Crippen LogP contribution in [0.3, 0.4) is 0 Å². The van der Waals surface area contributed by atoms with Gasteiger partial charge in [0.15, 0.2) is 0 Å². The molecule has 0 radical (unpaired) electrons. The van der Waals surface area contributed by atoms with E-state index in [1.807, 2.05) is 31.1 Å². The summed E-state index contributed by atoms with van der Waals surface area (Å²) in [4.78, 5) is 6.21. The minimum Gasteiger partial charge on any atom is -0.366 e. The first-order valence-corrected chi connectivity index (χ1v) is 6.22. The molecule has 0 spiro atoms. The number of likely N-dealkylation sites (N-methyl/N-ethyl adjacent to an activating group) is 1. The molecule has 100 valence electrons. The minimum absolute atomic E-state index is 0.0270. The molecule has 0 aliphatic carbocycles. The Morgan fingerprint density at radius 2 is 1.95 bits per heavy atom. The van der Waals surface area contributed by atoms with E-state index in [2.05, 4.69) is 4.98 Å². The largest absolute Gasteiger partial charge is 0.366 e. The highest BCUT2D eigenvalue weighted by Crippen LogP contribution is 2.26. The summed E-state index contributed by atoms with van der Waals surface area (Å²) in [6.45, 7) is 2.51. The molecule has 2 rings (SSSR count). The first kappa shape index (κ1) is 13.5. The lowest BCUT2D eigenvalue weighted by atomic mass is 10.0. The lowest BCUT2D eigenvalue weighted by Gasteiger charge is -2.30. The molecule has 0 amide bonds. The summed E-state index contributed by atoms with van der Waals surface area (Å²) < 4.78 is 13.0. The van der Waals surface area contributed by atoms with E-state index in [9.17, 15) is 4.39 Å². The Balaban J connectivity index is 2.32. The molecule has 0 aliphatic rings. The van der Waals surface area contributed by atoms with Gasteiger partial charge in [0.2, 0.25) is 0 Å². The summed E-state index contributed by atoms with van der Waals surface area (Å²) >= 11 is 0. The molecule has 4 heteroatoms. The van der Waals surface area contributed by atoms with Crippen LogP contribution in [-0.2, 0) is 0 Å². The first-order chi connectivity index (χ1) is 9.13. The maximum Gasteiger partial charge on any atom is 0.123 e. The third-order valence-electron chi connectivity index (χ3n) is 3.36. The number of hydrogen-bond acceptors (Lipinski definition) is 3. The van der Waals surface area contributed by atoms with Crippen LogP contribution in [0.4, 0.5) is 10.1 Å². The Kier molecular flexibility index (Phi) is 4.12. The predicted octanol–water partition coefficient (Wildman–Crippen LogP) is 2.67. The highest BCUT2D eigenvalue weighted by molar-refractivity contribution is 5.48. The second-order valence-corrected chi connectivity index (χ2v) is 4.57. The van der Waals surface area contributed by atoms with Crippen molar-refractivity contribution in [1.82, 2.24) is 4.98 Å². The summed E-state index contributed by atoms with van der Waals surface area (Å²) in [6, 6.07) is 8.41. The third kappa shape index (κ3) is 2.90. The van der Waals surface area contributed by atoms with Crippen LogP contribution in [0.1, 0.15) is 17.2 Å². The Morgan fingerprint density at radius 1 is 1.26 bits per heavy atom. The van der Waals surface area contributed by atoms with Crippen molar-refractivity contribution in [3.63, 3.8) is 0 Å². The van der Waals surface area contributed by atoms with Crippen molar-refractivity contribution in [2.45, 2.75) is 13.0 Å². The van der Waals surface area contributed by atoms with Gasteiger partial charge in [-0.05, 0) is 48.4 Å². The van der Waals surface area contributed by atoms with Crippen LogP contribution in [0, 0.1) is 12.7 Å². The van der Waals surface area contributed by atoms with Gasteiger partial charge < -0.3 is 10.6 Å². The molecular weight excluding hydrogens is 241 g/mol. The molecule has 1 aromatic carbocycles. The number of nitrogens with zero attached hydrogens (tertiary/aromatic N) is 2. The van der Waals surface area contributed by atoms with Gasteiger partial charge in [0, 0.05) is 31.7 Å². The first-order valence-electron chi connectivity index (χ1n) is 6.22. The van der Waals surface area contributed by atoms with Crippen LogP contribution in [-0.4, -0.2) is 18.6 Å². The smallest absolute Gasteiger partial charge is 0.123 e. The van der Waals surface area contributed by atoms with Crippen LogP contribution >= 0.6 is 0 Å². The number of aryl methyl sites for hydroxylation is 1. The highest BCUT2D eigenvalue weighted by Gasteiger charge is 2.18. The maximum atomic E-state index is 13.0. The third-order valence-corrected chi connectivity index (χ3v) is 3.36. The molecule has 3 nitrogen and oxygen atoms in total. The van der Waals surface area contributed by atoms with E-state index in [4.69, 9.17) is 5.73 Å². The Hall–Kier alpha value is -1.94. The predicted molar refractivity (Wildman–Crippen MR) is 75.6 cm³/mol. The van der Waals surface area contributed by atoms with Gasteiger partial charge >= 0.3 is 0 Å². The maximum absolute atomic E-state index is 13.0. The molecule has 0 aliphatic heterocycles. The van der Waals surface area contributed by atoms with Crippen molar-refractivity contribution in [3.05, 3.63) is 59.7 Å². The van der Waals surface area contributed by atoms with Crippen LogP contribution < -0.4 is 10.6 Å². The molecule has 2 N–H and O–H groups in total. The van der Waals surface area contributed by atoms with Crippen molar-refractivity contribution in [1.29, 1.82) is 0 Å². The Labute approximate surface area is 112 Å². The van der Waals surface area contributed by atoms with Crippen molar-refractivity contribution in [3.8, 4) is 0 Å². The average molecular weight is 259 g/mol. The number of hydrogen-bond donors (Lipinski definition) is 1. The molecule has 1 atom stereocenters. The Bertz CT molecular complexity index is 539. The van der Waals surface area contributed by atoms with Gasteiger partial charge in [-0.15, -0.1) is 0 Å². The van der Waals surface area contributed by atoms with Gasteiger partial charge in [0.1, 0.15) is 5.82 Å². The van der Waals surface area contributed by atoms with Crippen molar-refractivity contribution < 1.29 is 4.39 Å². The average Bonchev–Trinajstić information content (AvgIpc) is 2.42. The second kappa shape index (κ2) is 5.80. The van der Waals surface area contributed by atoms with E-state index in [1.165, 1.54) is 12.1 Å². The molecule has 19 heavy (non-hydrogen) atoms. The summed E-state index contributed by atoms with van der Waals surface area (Å²) in [6.07, 6.45) is 3.61.